The van der Waals surface area contributed by atoms with Crippen molar-refractivity contribution in [2.75, 3.05) is 19.5 Å². The largest absolute Gasteiger partial charge is 0.481 e. The second-order valence-electron chi connectivity index (χ2n) is 2.00. The van der Waals surface area contributed by atoms with E-state index in [1.54, 1.807) is 7.11 Å². The number of methoxy groups -OCH3 is 1. The van der Waals surface area contributed by atoms with Gasteiger partial charge >= 0.3 is 5.97 Å². The van der Waals surface area contributed by atoms with E-state index in [1.165, 1.54) is 0 Å². The third-order valence-corrected chi connectivity index (χ3v) is 1.68. The van der Waals surface area contributed by atoms with E-state index < -0.39 is 5.97 Å². The van der Waals surface area contributed by atoms with Crippen molar-refractivity contribution in [2.24, 2.45) is 5.92 Å². The molecule has 0 aromatic rings. The summed E-state index contributed by atoms with van der Waals surface area (Å²) >= 11 is 3.89. The molecule has 0 aliphatic carbocycles. The van der Waals surface area contributed by atoms with Crippen LogP contribution in [0.3, 0.4) is 0 Å². The molecule has 4 heteroatoms. The molecule has 0 saturated carbocycles. The molecular formula is C6H12O3S. The van der Waals surface area contributed by atoms with Gasteiger partial charge in [0.05, 0.1) is 5.92 Å². The zero-order valence-electron chi connectivity index (χ0n) is 5.91. The molecule has 1 atom stereocenters. The second kappa shape index (κ2) is 5.56. The third kappa shape index (κ3) is 3.74. The van der Waals surface area contributed by atoms with Gasteiger partial charge < -0.3 is 9.84 Å². The predicted molar refractivity (Wildman–Crippen MR) is 41.5 cm³/mol. The van der Waals surface area contributed by atoms with E-state index in [-0.39, 0.29) is 5.92 Å². The summed E-state index contributed by atoms with van der Waals surface area (Å²) in [6, 6.07) is 0. The van der Waals surface area contributed by atoms with Crippen LogP contribution in [0.1, 0.15) is 6.42 Å². The van der Waals surface area contributed by atoms with Crippen LogP contribution in [0.4, 0.5) is 0 Å². The van der Waals surface area contributed by atoms with E-state index in [2.05, 4.69) is 12.6 Å². The molecule has 60 valence electrons. The standard InChI is InChI=1S/C6H12O3S/c1-9-3-2-5(4-10)6(7)8/h5,10H,2-4H2,1H3,(H,7,8). The van der Waals surface area contributed by atoms with Crippen molar-refractivity contribution in [1.29, 1.82) is 0 Å². The minimum atomic E-state index is -0.799. The Morgan fingerprint density at radius 1 is 1.80 bits per heavy atom. The molecule has 1 N–H and O–H groups in total. The molecular weight excluding hydrogens is 152 g/mol. The summed E-state index contributed by atoms with van der Waals surface area (Å²) in [5.74, 6) is -0.797. The molecule has 0 spiro atoms. The number of carbonyl (C=O) groups is 1. The highest BCUT2D eigenvalue weighted by molar-refractivity contribution is 7.80. The number of ether oxygens (including phenoxy) is 1. The Bertz CT molecular complexity index is 105. The molecule has 3 nitrogen and oxygen atoms in total. The van der Waals surface area contributed by atoms with Gasteiger partial charge in [0.2, 0.25) is 0 Å². The van der Waals surface area contributed by atoms with Gasteiger partial charge in [0, 0.05) is 19.5 Å². The fourth-order valence-electron chi connectivity index (χ4n) is 0.553. The smallest absolute Gasteiger partial charge is 0.307 e. The Kier molecular flexibility index (Phi) is 5.43. The summed E-state index contributed by atoms with van der Waals surface area (Å²) < 4.78 is 4.73. The van der Waals surface area contributed by atoms with Crippen molar-refractivity contribution >= 4 is 18.6 Å². The Balaban J connectivity index is 3.50. The zero-order chi connectivity index (χ0) is 7.98. The van der Waals surface area contributed by atoms with Crippen molar-refractivity contribution in [1.82, 2.24) is 0 Å². The predicted octanol–water partition coefficient (Wildman–Crippen LogP) is 0.653. The van der Waals surface area contributed by atoms with Crippen LogP contribution in [0.25, 0.3) is 0 Å². The summed E-state index contributed by atoms with van der Waals surface area (Å²) in [5.41, 5.74) is 0. The summed E-state index contributed by atoms with van der Waals surface area (Å²) in [7, 11) is 1.55. The first-order chi connectivity index (χ1) is 4.72. The monoisotopic (exact) mass is 164 g/mol. The second-order valence-corrected chi connectivity index (χ2v) is 2.36. The number of carboxylic acids is 1. The lowest BCUT2D eigenvalue weighted by Crippen LogP contribution is -2.17. The third-order valence-electron chi connectivity index (χ3n) is 1.24. The van der Waals surface area contributed by atoms with Crippen LogP contribution in [-0.2, 0) is 9.53 Å². The van der Waals surface area contributed by atoms with Crippen LogP contribution in [0, 0.1) is 5.92 Å². The van der Waals surface area contributed by atoms with E-state index in [0.717, 1.165) is 0 Å². The molecule has 0 radical (unpaired) electrons. The summed E-state index contributed by atoms with van der Waals surface area (Å²) in [6.07, 6.45) is 0.537. The minimum Gasteiger partial charge on any atom is -0.481 e. The number of thiol groups is 1. The van der Waals surface area contributed by atoms with Crippen LogP contribution >= 0.6 is 12.6 Å². The minimum absolute atomic E-state index is 0.372. The average molecular weight is 164 g/mol. The van der Waals surface area contributed by atoms with Gasteiger partial charge in [0.15, 0.2) is 0 Å². The Hall–Kier alpha value is -0.220. The van der Waals surface area contributed by atoms with E-state index in [9.17, 15) is 4.79 Å². The average Bonchev–Trinajstić information content (AvgIpc) is 1.89. The molecule has 0 aliphatic heterocycles. The summed E-state index contributed by atoms with van der Waals surface area (Å²) in [6.45, 7) is 0.484. The molecule has 0 aromatic carbocycles. The van der Waals surface area contributed by atoms with Crippen molar-refractivity contribution in [2.45, 2.75) is 6.42 Å². The van der Waals surface area contributed by atoms with Crippen LogP contribution in [0.5, 0.6) is 0 Å². The van der Waals surface area contributed by atoms with E-state index in [4.69, 9.17) is 9.84 Å². The zero-order valence-corrected chi connectivity index (χ0v) is 6.80. The van der Waals surface area contributed by atoms with Crippen molar-refractivity contribution in [3.63, 3.8) is 0 Å². The van der Waals surface area contributed by atoms with E-state index in [1.807, 2.05) is 0 Å². The summed E-state index contributed by atoms with van der Waals surface area (Å²) in [4.78, 5) is 10.3. The molecule has 1 unspecified atom stereocenters. The van der Waals surface area contributed by atoms with E-state index in [0.29, 0.717) is 18.8 Å². The lowest BCUT2D eigenvalue weighted by atomic mass is 10.1. The normalized spacial score (nSPS) is 13.0. The highest BCUT2D eigenvalue weighted by Crippen LogP contribution is 2.04. The van der Waals surface area contributed by atoms with Gasteiger partial charge in [0.25, 0.3) is 0 Å². The Morgan fingerprint density at radius 2 is 2.40 bits per heavy atom. The molecule has 10 heavy (non-hydrogen) atoms. The molecule has 0 heterocycles. The van der Waals surface area contributed by atoms with Crippen LogP contribution in [-0.4, -0.2) is 30.5 Å². The number of rotatable bonds is 5. The van der Waals surface area contributed by atoms with Gasteiger partial charge in [-0.1, -0.05) is 0 Å². The molecule has 0 aromatic heterocycles. The van der Waals surface area contributed by atoms with Crippen LogP contribution < -0.4 is 0 Å². The molecule has 0 saturated heterocycles. The Labute approximate surface area is 65.8 Å². The van der Waals surface area contributed by atoms with Gasteiger partial charge in [-0.05, 0) is 6.42 Å². The number of carboxylic acid groups (broad SMARTS) is 1. The molecule has 0 bridgehead atoms. The van der Waals surface area contributed by atoms with Crippen LogP contribution in [0.2, 0.25) is 0 Å². The maximum absolute atomic E-state index is 10.3. The van der Waals surface area contributed by atoms with Crippen molar-refractivity contribution in [3.8, 4) is 0 Å². The van der Waals surface area contributed by atoms with Gasteiger partial charge in [0.1, 0.15) is 0 Å². The van der Waals surface area contributed by atoms with Crippen molar-refractivity contribution < 1.29 is 14.6 Å². The van der Waals surface area contributed by atoms with Gasteiger partial charge in [-0.15, -0.1) is 0 Å². The van der Waals surface area contributed by atoms with Gasteiger partial charge in [-0.2, -0.15) is 12.6 Å². The van der Waals surface area contributed by atoms with Gasteiger partial charge in [-0.25, -0.2) is 0 Å². The number of hydrogen-bond acceptors (Lipinski definition) is 3. The lowest BCUT2D eigenvalue weighted by Gasteiger charge is -2.06. The highest BCUT2D eigenvalue weighted by atomic mass is 32.1. The molecule has 0 rings (SSSR count). The van der Waals surface area contributed by atoms with Gasteiger partial charge in [-0.3, -0.25) is 4.79 Å². The first-order valence-electron chi connectivity index (χ1n) is 3.05. The van der Waals surface area contributed by atoms with Crippen LogP contribution in [0.15, 0.2) is 0 Å². The van der Waals surface area contributed by atoms with Crippen molar-refractivity contribution in [3.05, 3.63) is 0 Å². The fraction of sp³-hybridized carbons (Fsp3) is 0.833. The maximum atomic E-state index is 10.3. The molecule has 0 aliphatic rings. The number of hydrogen-bond donors (Lipinski definition) is 2. The first-order valence-corrected chi connectivity index (χ1v) is 3.68. The molecule has 0 fully saturated rings. The SMILES string of the molecule is COCCC(CS)C(=O)O. The Morgan fingerprint density at radius 3 is 2.70 bits per heavy atom. The molecule has 0 amide bonds. The first kappa shape index (κ1) is 9.78. The van der Waals surface area contributed by atoms with E-state index >= 15 is 0 Å². The summed E-state index contributed by atoms with van der Waals surface area (Å²) in [5, 5.41) is 8.50. The topological polar surface area (TPSA) is 46.5 Å². The highest BCUT2D eigenvalue weighted by Gasteiger charge is 2.13. The quantitative estimate of drug-likeness (QED) is 0.587. The number of aliphatic carboxylic acids is 1. The maximum Gasteiger partial charge on any atom is 0.307 e. The fourth-order valence-corrected chi connectivity index (χ4v) is 0.892. The lowest BCUT2D eigenvalue weighted by molar-refractivity contribution is -0.141.